The molecule has 1 aliphatic rings. The summed E-state index contributed by atoms with van der Waals surface area (Å²) in [6.45, 7) is 16.2. The van der Waals surface area contributed by atoms with Gasteiger partial charge < -0.3 is 23.5 Å². The van der Waals surface area contributed by atoms with Crippen LogP contribution in [0.5, 0.6) is 0 Å². The first kappa shape index (κ1) is 39.6. The Labute approximate surface area is 288 Å². The van der Waals surface area contributed by atoms with E-state index in [1.165, 1.54) is 6.07 Å². The first-order valence-corrected chi connectivity index (χ1v) is 17.2. The van der Waals surface area contributed by atoms with Crippen LogP contribution in [0.15, 0.2) is 27.4 Å². The molecule has 2 aromatic rings. The highest BCUT2D eigenvalue weighted by atomic mass is 16.5. The van der Waals surface area contributed by atoms with Crippen LogP contribution in [0.4, 0.5) is 5.69 Å². The van der Waals surface area contributed by atoms with Gasteiger partial charge in [0.1, 0.15) is 5.58 Å². The van der Waals surface area contributed by atoms with Crippen molar-refractivity contribution in [3.05, 3.63) is 39.7 Å². The molecule has 0 N–H and O–H groups in total. The maximum absolute atomic E-state index is 14.0. The Hall–Kier alpha value is -3.85. The van der Waals surface area contributed by atoms with Crippen molar-refractivity contribution in [2.45, 2.75) is 41.5 Å². The van der Waals surface area contributed by atoms with E-state index in [-0.39, 0.29) is 69.8 Å². The Kier molecular flexibility index (Phi) is 16.1. The van der Waals surface area contributed by atoms with Crippen molar-refractivity contribution >= 4 is 40.5 Å². The number of esters is 3. The Bertz CT molecular complexity index is 1440. The second-order valence-corrected chi connectivity index (χ2v) is 12.0. The number of fused-ring (bicyclic) bond motifs is 1. The number of carbonyl (C=O) groups excluding carboxylic acids is 4. The van der Waals surface area contributed by atoms with Gasteiger partial charge in [-0.3, -0.25) is 38.8 Å². The molecule has 1 aromatic heterocycles. The lowest BCUT2D eigenvalue weighted by Gasteiger charge is -2.34. The van der Waals surface area contributed by atoms with Gasteiger partial charge in [0.15, 0.2) is 0 Å². The molecule has 3 rings (SSSR count). The first-order chi connectivity index (χ1) is 23.5. The van der Waals surface area contributed by atoms with Crippen molar-refractivity contribution in [3.8, 4) is 0 Å². The maximum atomic E-state index is 14.0. The van der Waals surface area contributed by atoms with Crippen LogP contribution in [-0.4, -0.2) is 148 Å². The predicted molar refractivity (Wildman–Crippen MR) is 186 cm³/mol. The summed E-state index contributed by atoms with van der Waals surface area (Å²) in [4.78, 5) is 73.2. The summed E-state index contributed by atoms with van der Waals surface area (Å²) in [5.74, 6) is -1.17. The van der Waals surface area contributed by atoms with Crippen LogP contribution in [0, 0.1) is 13.8 Å². The molecule has 0 spiro atoms. The average molecular weight is 688 g/mol. The first-order valence-electron chi connectivity index (χ1n) is 17.2. The van der Waals surface area contributed by atoms with Crippen LogP contribution in [0.2, 0.25) is 0 Å². The summed E-state index contributed by atoms with van der Waals surface area (Å²) >= 11 is 0. The van der Waals surface area contributed by atoms with Gasteiger partial charge in [0.05, 0.1) is 51.7 Å². The number of benzene rings is 1. The molecular formula is C35H53N5O9. The van der Waals surface area contributed by atoms with Crippen LogP contribution in [0.25, 0.3) is 11.0 Å². The van der Waals surface area contributed by atoms with E-state index < -0.39 is 5.63 Å². The van der Waals surface area contributed by atoms with Crippen molar-refractivity contribution in [1.82, 2.24) is 19.6 Å². The smallest absolute Gasteiger partial charge is 0.336 e. The van der Waals surface area contributed by atoms with E-state index in [0.717, 1.165) is 16.5 Å². The number of carbonyl (C=O) groups is 4. The summed E-state index contributed by atoms with van der Waals surface area (Å²) in [7, 11) is 0. The quantitative estimate of drug-likeness (QED) is 0.171. The van der Waals surface area contributed by atoms with E-state index in [4.69, 9.17) is 18.6 Å². The van der Waals surface area contributed by atoms with E-state index in [9.17, 15) is 24.0 Å². The fourth-order valence-corrected chi connectivity index (χ4v) is 5.89. The summed E-state index contributed by atoms with van der Waals surface area (Å²) in [6, 6.07) is 5.14. The molecule has 14 heteroatoms. The minimum atomic E-state index is -0.447. The number of ether oxygens (including phenoxy) is 3. The Balaban J connectivity index is 1.87. The van der Waals surface area contributed by atoms with E-state index in [1.54, 1.807) is 31.7 Å². The Morgan fingerprint density at radius 1 is 0.633 bits per heavy atom. The van der Waals surface area contributed by atoms with Crippen molar-refractivity contribution < 1.29 is 37.8 Å². The monoisotopic (exact) mass is 687 g/mol. The molecular weight excluding hydrogens is 634 g/mol. The second-order valence-electron chi connectivity index (χ2n) is 12.0. The van der Waals surface area contributed by atoms with Crippen LogP contribution in [0.1, 0.15) is 38.8 Å². The number of likely N-dealkylation sites (N-methyl/N-ethyl adjacent to an activating group) is 1. The van der Waals surface area contributed by atoms with Gasteiger partial charge in [-0.1, -0.05) is 0 Å². The van der Waals surface area contributed by atoms with Gasteiger partial charge >= 0.3 is 23.5 Å². The topological polar surface area (TPSA) is 142 Å². The standard InChI is InChI=1S/C35H53N5O9/c1-7-40(29-21-30-28(19-27(29)6)26(5)20-32(42)49-30)31(41)22-36-11-13-37(23-33(43)46-8-2)15-17-39(25-35(45)48-10-4)18-16-38(14-12-36)24-34(44)47-9-3/h19-21H,7-18,22-25H2,1-6H3. The van der Waals surface area contributed by atoms with Crippen molar-refractivity contribution in [2.75, 3.05) is 110 Å². The van der Waals surface area contributed by atoms with Crippen molar-refractivity contribution in [3.63, 3.8) is 0 Å². The third-order valence-corrected chi connectivity index (χ3v) is 8.44. The van der Waals surface area contributed by atoms with Gasteiger partial charge in [-0.2, -0.15) is 0 Å². The summed E-state index contributed by atoms with van der Waals surface area (Å²) in [5, 5.41) is 0.816. The number of amides is 1. The largest absolute Gasteiger partial charge is 0.465 e. The van der Waals surface area contributed by atoms with Crippen molar-refractivity contribution in [2.24, 2.45) is 0 Å². The number of rotatable bonds is 13. The van der Waals surface area contributed by atoms with Gasteiger partial charge in [-0.15, -0.1) is 0 Å². The molecule has 1 saturated heterocycles. The number of aryl methyl sites for hydroxylation is 2. The van der Waals surface area contributed by atoms with Crippen molar-refractivity contribution in [1.29, 1.82) is 0 Å². The molecule has 14 nitrogen and oxygen atoms in total. The van der Waals surface area contributed by atoms with Crippen LogP contribution in [0.3, 0.4) is 0 Å². The van der Waals surface area contributed by atoms with Gasteiger partial charge in [0.2, 0.25) is 5.91 Å². The fraction of sp³-hybridized carbons (Fsp3) is 0.629. The molecule has 0 radical (unpaired) electrons. The van der Waals surface area contributed by atoms with Gasteiger partial charge in [-0.25, -0.2) is 4.79 Å². The lowest BCUT2D eigenvalue weighted by molar-refractivity contribution is -0.146. The van der Waals surface area contributed by atoms with Gasteiger partial charge in [0.25, 0.3) is 0 Å². The lowest BCUT2D eigenvalue weighted by atomic mass is 10.1. The fourth-order valence-electron chi connectivity index (χ4n) is 5.89. The minimum absolute atomic E-state index is 0.0693. The molecule has 0 bridgehead atoms. The van der Waals surface area contributed by atoms with E-state index in [0.29, 0.717) is 70.2 Å². The number of nitrogens with zero attached hydrogens (tertiary/aromatic N) is 5. The Morgan fingerprint density at radius 3 is 1.43 bits per heavy atom. The molecule has 1 aromatic carbocycles. The summed E-state index contributed by atoms with van der Waals surface area (Å²) in [5.41, 5.74) is 2.32. The van der Waals surface area contributed by atoms with Crippen LogP contribution in [-0.2, 0) is 33.4 Å². The molecule has 0 aliphatic carbocycles. The maximum Gasteiger partial charge on any atom is 0.336 e. The number of hydrogen-bond acceptors (Lipinski definition) is 13. The van der Waals surface area contributed by atoms with Crippen LogP contribution >= 0.6 is 0 Å². The zero-order valence-corrected chi connectivity index (χ0v) is 30.0. The van der Waals surface area contributed by atoms with E-state index in [1.807, 2.05) is 46.4 Å². The van der Waals surface area contributed by atoms with Gasteiger partial charge in [-0.05, 0) is 58.7 Å². The minimum Gasteiger partial charge on any atom is -0.465 e. The molecule has 1 fully saturated rings. The molecule has 0 saturated carbocycles. The van der Waals surface area contributed by atoms with E-state index in [2.05, 4.69) is 0 Å². The highest BCUT2D eigenvalue weighted by Gasteiger charge is 2.25. The van der Waals surface area contributed by atoms with Gasteiger partial charge in [0, 0.05) is 76.4 Å². The third kappa shape index (κ3) is 12.5. The zero-order valence-electron chi connectivity index (χ0n) is 30.0. The normalized spacial score (nSPS) is 16.0. The number of hydrogen-bond donors (Lipinski definition) is 0. The molecule has 2 heterocycles. The lowest BCUT2D eigenvalue weighted by Crippen LogP contribution is -2.50. The molecule has 49 heavy (non-hydrogen) atoms. The average Bonchev–Trinajstić information content (AvgIpc) is 3.03. The van der Waals surface area contributed by atoms with E-state index >= 15 is 0 Å². The van der Waals surface area contributed by atoms with Crippen LogP contribution < -0.4 is 10.5 Å². The molecule has 1 aliphatic heterocycles. The number of anilines is 1. The molecule has 0 unspecified atom stereocenters. The molecule has 1 amide bonds. The second kappa shape index (κ2) is 20.0. The predicted octanol–water partition coefficient (Wildman–Crippen LogP) is 1.67. The molecule has 272 valence electrons. The third-order valence-electron chi connectivity index (χ3n) is 8.44. The Morgan fingerprint density at radius 2 is 1.04 bits per heavy atom. The SMILES string of the molecule is CCOC(=O)CN1CCN(CC(=O)OCC)CCN(CC(=O)N(CC)c2cc3oc(=O)cc(C)c3cc2C)CCN(CC(=O)OCC)CC1. The highest BCUT2D eigenvalue weighted by molar-refractivity contribution is 5.98. The molecule has 0 atom stereocenters. The summed E-state index contributed by atoms with van der Waals surface area (Å²) in [6.07, 6.45) is 0. The summed E-state index contributed by atoms with van der Waals surface area (Å²) < 4.78 is 21.1. The highest BCUT2D eigenvalue weighted by Crippen LogP contribution is 2.28. The zero-order chi connectivity index (χ0) is 35.9.